The van der Waals surface area contributed by atoms with Crippen LogP contribution in [-0.2, 0) is 4.79 Å². The Hall–Kier alpha value is -1.36. The topological polar surface area (TPSA) is 66.4 Å². The van der Waals surface area contributed by atoms with Gasteiger partial charge in [-0.25, -0.2) is 0 Å². The van der Waals surface area contributed by atoms with Crippen molar-refractivity contribution in [2.75, 3.05) is 6.54 Å². The van der Waals surface area contributed by atoms with Gasteiger partial charge in [0.15, 0.2) is 0 Å². The zero-order valence-electron chi connectivity index (χ0n) is 9.37. The lowest BCUT2D eigenvalue weighted by atomic mass is 10.1. The van der Waals surface area contributed by atoms with Crippen molar-refractivity contribution in [3.63, 3.8) is 0 Å². The highest BCUT2D eigenvalue weighted by Crippen LogP contribution is 2.20. The van der Waals surface area contributed by atoms with Gasteiger partial charge in [0.05, 0.1) is 5.56 Å². The molecule has 1 rings (SSSR count). The summed E-state index contributed by atoms with van der Waals surface area (Å²) in [6, 6.07) is 0. The van der Waals surface area contributed by atoms with E-state index < -0.39 is 5.97 Å². The minimum atomic E-state index is -0.836. The molecular formula is C11H15NO3S. The van der Waals surface area contributed by atoms with Gasteiger partial charge in [-0.2, -0.15) is 0 Å². The van der Waals surface area contributed by atoms with Crippen LogP contribution in [0.3, 0.4) is 0 Å². The van der Waals surface area contributed by atoms with Crippen LogP contribution in [0.25, 0.3) is 0 Å². The third kappa shape index (κ3) is 3.34. The highest BCUT2D eigenvalue weighted by Gasteiger charge is 2.11. The molecule has 4 nitrogen and oxygen atoms in total. The summed E-state index contributed by atoms with van der Waals surface area (Å²) < 4.78 is 0. The van der Waals surface area contributed by atoms with Crippen molar-refractivity contribution < 1.29 is 14.7 Å². The maximum Gasteiger partial charge on any atom is 0.303 e. The van der Waals surface area contributed by atoms with Crippen LogP contribution in [0.5, 0.6) is 0 Å². The fraction of sp³-hybridized carbons (Fsp3) is 0.455. The van der Waals surface area contributed by atoms with Crippen LogP contribution >= 0.6 is 11.3 Å². The number of nitrogens with one attached hydrogen (secondary N) is 1. The van der Waals surface area contributed by atoms with Crippen LogP contribution in [0, 0.1) is 13.8 Å². The number of amides is 1. The number of carbonyl (C=O) groups is 2. The smallest absolute Gasteiger partial charge is 0.303 e. The summed E-state index contributed by atoms with van der Waals surface area (Å²) in [6.07, 6.45) is 0.547. The molecule has 0 bridgehead atoms. The van der Waals surface area contributed by atoms with Crippen molar-refractivity contribution in [2.24, 2.45) is 0 Å². The molecule has 0 unspecified atom stereocenters. The van der Waals surface area contributed by atoms with Crippen LogP contribution in [0.1, 0.15) is 33.6 Å². The average molecular weight is 241 g/mol. The number of aryl methyl sites for hydroxylation is 1. The van der Waals surface area contributed by atoms with Crippen molar-refractivity contribution in [2.45, 2.75) is 26.7 Å². The van der Waals surface area contributed by atoms with Gasteiger partial charge in [0.2, 0.25) is 0 Å². The first-order valence-electron chi connectivity index (χ1n) is 5.07. The van der Waals surface area contributed by atoms with Gasteiger partial charge < -0.3 is 10.4 Å². The van der Waals surface area contributed by atoms with Crippen LogP contribution in [0.4, 0.5) is 0 Å². The quantitative estimate of drug-likeness (QED) is 0.774. The van der Waals surface area contributed by atoms with Crippen LogP contribution in [0.15, 0.2) is 5.38 Å². The van der Waals surface area contributed by atoms with E-state index in [1.165, 1.54) is 0 Å². The number of aliphatic carboxylic acids is 1. The van der Waals surface area contributed by atoms with Crippen molar-refractivity contribution >= 4 is 23.2 Å². The third-order valence-corrected chi connectivity index (χ3v) is 3.40. The minimum absolute atomic E-state index is 0.0852. The fourth-order valence-electron chi connectivity index (χ4n) is 1.27. The van der Waals surface area contributed by atoms with Crippen molar-refractivity contribution in [1.29, 1.82) is 0 Å². The van der Waals surface area contributed by atoms with E-state index in [0.717, 1.165) is 10.4 Å². The van der Waals surface area contributed by atoms with E-state index in [1.54, 1.807) is 11.3 Å². The largest absolute Gasteiger partial charge is 0.481 e. The van der Waals surface area contributed by atoms with Gasteiger partial charge in [-0.05, 0) is 25.8 Å². The molecule has 0 aromatic carbocycles. The summed E-state index contributed by atoms with van der Waals surface area (Å²) >= 11 is 1.55. The van der Waals surface area contributed by atoms with E-state index in [2.05, 4.69) is 5.32 Å². The monoisotopic (exact) mass is 241 g/mol. The van der Waals surface area contributed by atoms with Gasteiger partial charge in [-0.3, -0.25) is 9.59 Å². The van der Waals surface area contributed by atoms with Crippen molar-refractivity contribution in [3.05, 3.63) is 21.4 Å². The Morgan fingerprint density at radius 3 is 2.62 bits per heavy atom. The lowest BCUT2D eigenvalue weighted by Crippen LogP contribution is -2.25. The summed E-state index contributed by atoms with van der Waals surface area (Å²) in [5.41, 5.74) is 1.69. The van der Waals surface area contributed by atoms with E-state index >= 15 is 0 Å². The number of carboxylic acid groups (broad SMARTS) is 1. The highest BCUT2D eigenvalue weighted by molar-refractivity contribution is 7.10. The standard InChI is InChI=1S/C11H15NO3S/c1-7-8(2)16-6-9(7)11(15)12-5-3-4-10(13)14/h6H,3-5H2,1-2H3,(H,12,15)(H,13,14). The molecule has 88 valence electrons. The van der Waals surface area contributed by atoms with Gasteiger partial charge >= 0.3 is 5.97 Å². The molecule has 5 heteroatoms. The van der Waals surface area contributed by atoms with Crippen molar-refractivity contribution in [1.82, 2.24) is 5.32 Å². The van der Waals surface area contributed by atoms with E-state index in [4.69, 9.17) is 5.11 Å². The zero-order valence-corrected chi connectivity index (χ0v) is 10.2. The predicted octanol–water partition coefficient (Wildman–Crippen LogP) is 1.96. The second-order valence-corrected chi connectivity index (χ2v) is 4.67. The Morgan fingerprint density at radius 1 is 1.44 bits per heavy atom. The molecule has 0 aliphatic heterocycles. The van der Waals surface area contributed by atoms with E-state index in [9.17, 15) is 9.59 Å². The predicted molar refractivity (Wildman–Crippen MR) is 63.0 cm³/mol. The maximum absolute atomic E-state index is 11.7. The summed E-state index contributed by atoms with van der Waals surface area (Å²) in [4.78, 5) is 23.1. The summed E-state index contributed by atoms with van der Waals surface area (Å²) in [6.45, 7) is 4.29. The third-order valence-electron chi connectivity index (χ3n) is 2.38. The summed E-state index contributed by atoms with van der Waals surface area (Å²) in [5, 5.41) is 13.0. The normalized spacial score (nSPS) is 10.1. The van der Waals surface area contributed by atoms with E-state index in [1.807, 2.05) is 19.2 Å². The second-order valence-electron chi connectivity index (χ2n) is 3.58. The number of carbonyl (C=O) groups excluding carboxylic acids is 1. The zero-order chi connectivity index (χ0) is 12.1. The molecule has 1 aromatic rings. The second kappa shape index (κ2) is 5.65. The molecule has 0 fully saturated rings. The fourth-order valence-corrected chi connectivity index (χ4v) is 2.14. The molecule has 16 heavy (non-hydrogen) atoms. The number of hydrogen-bond donors (Lipinski definition) is 2. The number of hydrogen-bond acceptors (Lipinski definition) is 3. The van der Waals surface area contributed by atoms with E-state index in [-0.39, 0.29) is 12.3 Å². The Kier molecular flexibility index (Phi) is 4.49. The van der Waals surface area contributed by atoms with Crippen LogP contribution < -0.4 is 5.32 Å². The molecule has 0 spiro atoms. The van der Waals surface area contributed by atoms with Crippen LogP contribution in [-0.4, -0.2) is 23.5 Å². The number of rotatable bonds is 5. The van der Waals surface area contributed by atoms with Gasteiger partial charge in [-0.1, -0.05) is 0 Å². The lowest BCUT2D eigenvalue weighted by molar-refractivity contribution is -0.137. The Bertz CT molecular complexity index is 398. The van der Waals surface area contributed by atoms with Crippen molar-refractivity contribution in [3.8, 4) is 0 Å². The number of carboxylic acids is 1. The molecule has 0 radical (unpaired) electrons. The van der Waals surface area contributed by atoms with Gasteiger partial charge in [0.25, 0.3) is 5.91 Å². The molecule has 2 N–H and O–H groups in total. The molecule has 1 amide bonds. The molecule has 0 saturated carbocycles. The average Bonchev–Trinajstić information content (AvgIpc) is 2.54. The minimum Gasteiger partial charge on any atom is -0.481 e. The van der Waals surface area contributed by atoms with Gasteiger partial charge in [0.1, 0.15) is 0 Å². The number of thiophene rings is 1. The molecule has 1 aromatic heterocycles. The Labute approximate surface area is 98.3 Å². The molecule has 0 atom stereocenters. The van der Waals surface area contributed by atoms with Gasteiger partial charge in [-0.15, -0.1) is 11.3 Å². The first-order valence-corrected chi connectivity index (χ1v) is 5.95. The Balaban J connectivity index is 2.41. The molecule has 1 heterocycles. The highest BCUT2D eigenvalue weighted by atomic mass is 32.1. The molecule has 0 aliphatic rings. The SMILES string of the molecule is Cc1scc(C(=O)NCCCC(=O)O)c1C. The summed E-state index contributed by atoms with van der Waals surface area (Å²) in [7, 11) is 0. The maximum atomic E-state index is 11.7. The molecule has 0 aliphatic carbocycles. The lowest BCUT2D eigenvalue weighted by Gasteiger charge is -2.03. The molecule has 0 saturated heterocycles. The first-order chi connectivity index (χ1) is 7.52. The molecular weight excluding hydrogens is 226 g/mol. The van der Waals surface area contributed by atoms with E-state index in [0.29, 0.717) is 18.5 Å². The van der Waals surface area contributed by atoms with Crippen LogP contribution in [0.2, 0.25) is 0 Å². The summed E-state index contributed by atoms with van der Waals surface area (Å²) in [5.74, 6) is -0.955. The first kappa shape index (κ1) is 12.7. The Morgan fingerprint density at radius 2 is 2.12 bits per heavy atom. The van der Waals surface area contributed by atoms with Gasteiger partial charge in [0, 0.05) is 23.2 Å².